The summed E-state index contributed by atoms with van der Waals surface area (Å²) in [6.07, 6.45) is 0. The molecule has 0 radical (unpaired) electrons. The molecule has 0 spiro atoms. The van der Waals surface area contributed by atoms with Crippen LogP contribution in [0.4, 0.5) is 0 Å². The molecule has 0 bridgehead atoms. The Labute approximate surface area is 167 Å². The highest BCUT2D eigenvalue weighted by Gasteiger charge is 2.25. The quantitative estimate of drug-likeness (QED) is 0.402. The van der Waals surface area contributed by atoms with Crippen molar-refractivity contribution in [1.29, 1.82) is 0 Å². The molecule has 0 aliphatic heterocycles. The van der Waals surface area contributed by atoms with E-state index < -0.39 is 0 Å². The summed E-state index contributed by atoms with van der Waals surface area (Å²) in [6.45, 7) is 7.94. The van der Waals surface area contributed by atoms with Crippen molar-refractivity contribution in [2.24, 2.45) is 0 Å². The largest absolute Gasteiger partial charge is 0.358 e. The molecule has 0 aliphatic rings. The Morgan fingerprint density at radius 1 is 1.11 bits per heavy atom. The molecular formula is C21H21N5OS. The van der Waals surface area contributed by atoms with Crippen LogP contribution in [-0.4, -0.2) is 36.2 Å². The van der Waals surface area contributed by atoms with E-state index in [1.54, 1.807) is 4.68 Å². The summed E-state index contributed by atoms with van der Waals surface area (Å²) in [5, 5.41) is 13.4. The van der Waals surface area contributed by atoms with Gasteiger partial charge in [-0.25, -0.2) is 0 Å². The van der Waals surface area contributed by atoms with Gasteiger partial charge in [0.15, 0.2) is 5.78 Å². The molecule has 0 saturated heterocycles. The average Bonchev–Trinajstić information content (AvgIpc) is 3.26. The van der Waals surface area contributed by atoms with Crippen LogP contribution in [-0.2, 0) is 0 Å². The molecule has 4 aromatic rings. The van der Waals surface area contributed by atoms with Crippen molar-refractivity contribution in [2.45, 2.75) is 38.1 Å². The van der Waals surface area contributed by atoms with Crippen LogP contribution in [0.1, 0.15) is 34.1 Å². The van der Waals surface area contributed by atoms with Crippen LogP contribution in [0.25, 0.3) is 16.6 Å². The van der Waals surface area contributed by atoms with Gasteiger partial charge in [-0.2, -0.15) is 4.68 Å². The van der Waals surface area contributed by atoms with Gasteiger partial charge in [-0.3, -0.25) is 4.79 Å². The molecule has 1 N–H and O–H groups in total. The first-order valence-electron chi connectivity index (χ1n) is 9.10. The van der Waals surface area contributed by atoms with E-state index >= 15 is 0 Å². The highest BCUT2D eigenvalue weighted by atomic mass is 32.2. The molecule has 1 unspecified atom stereocenters. The van der Waals surface area contributed by atoms with Gasteiger partial charge in [0.25, 0.3) is 0 Å². The minimum atomic E-state index is -0.326. The van der Waals surface area contributed by atoms with E-state index in [1.807, 2.05) is 57.2 Å². The summed E-state index contributed by atoms with van der Waals surface area (Å²) in [6, 6.07) is 13.9. The first kappa shape index (κ1) is 18.4. The van der Waals surface area contributed by atoms with E-state index in [2.05, 4.69) is 33.5 Å². The SMILES string of the molecule is Cc1cccc(-n2nnnc2SC(C)C(=O)c2c(C)[nH]c3ccccc23)c1C. The number of H-pyrrole nitrogens is 1. The number of nitrogens with one attached hydrogen (secondary N) is 1. The number of hydrogen-bond acceptors (Lipinski definition) is 5. The van der Waals surface area contributed by atoms with Gasteiger partial charge in [-0.15, -0.1) is 5.10 Å². The number of aryl methyl sites for hydroxylation is 2. The fourth-order valence-electron chi connectivity index (χ4n) is 3.38. The summed E-state index contributed by atoms with van der Waals surface area (Å²) in [4.78, 5) is 16.5. The number of fused-ring (bicyclic) bond motifs is 1. The van der Waals surface area contributed by atoms with Crippen LogP contribution in [0.5, 0.6) is 0 Å². The number of aromatic nitrogens is 5. The fraction of sp³-hybridized carbons (Fsp3) is 0.238. The first-order valence-corrected chi connectivity index (χ1v) is 9.98. The van der Waals surface area contributed by atoms with E-state index in [0.717, 1.165) is 33.4 Å². The summed E-state index contributed by atoms with van der Waals surface area (Å²) >= 11 is 1.37. The van der Waals surface area contributed by atoms with Gasteiger partial charge in [-0.1, -0.05) is 42.1 Å². The average molecular weight is 392 g/mol. The maximum atomic E-state index is 13.2. The maximum absolute atomic E-state index is 13.2. The van der Waals surface area contributed by atoms with Crippen LogP contribution in [0, 0.1) is 20.8 Å². The molecule has 0 saturated carbocycles. The lowest BCUT2D eigenvalue weighted by Gasteiger charge is -2.12. The molecule has 2 heterocycles. The number of para-hydroxylation sites is 1. The number of tetrazole rings is 1. The zero-order valence-corrected chi connectivity index (χ0v) is 17.0. The standard InChI is InChI=1S/C21H21N5OS/c1-12-8-7-11-18(13(12)2)26-21(23-24-25-26)28-15(4)20(27)19-14(3)22-17-10-6-5-9-16(17)19/h5-11,15,22H,1-4H3. The van der Waals surface area contributed by atoms with Crippen molar-refractivity contribution in [3.63, 3.8) is 0 Å². The molecule has 142 valence electrons. The highest BCUT2D eigenvalue weighted by Crippen LogP contribution is 2.30. The van der Waals surface area contributed by atoms with Crippen molar-refractivity contribution >= 4 is 28.4 Å². The fourth-order valence-corrected chi connectivity index (χ4v) is 4.24. The van der Waals surface area contributed by atoms with Crippen molar-refractivity contribution in [3.8, 4) is 5.69 Å². The van der Waals surface area contributed by atoms with Gasteiger partial charge in [-0.05, 0) is 61.4 Å². The molecule has 1 atom stereocenters. The van der Waals surface area contributed by atoms with Crippen LogP contribution < -0.4 is 0 Å². The van der Waals surface area contributed by atoms with Crippen molar-refractivity contribution in [2.75, 3.05) is 0 Å². The number of nitrogens with zero attached hydrogens (tertiary/aromatic N) is 4. The molecule has 0 fully saturated rings. The molecule has 7 heteroatoms. The second-order valence-electron chi connectivity index (χ2n) is 6.89. The number of carbonyl (C=O) groups excluding carboxylic acids is 1. The molecule has 28 heavy (non-hydrogen) atoms. The molecule has 4 rings (SSSR count). The van der Waals surface area contributed by atoms with Gasteiger partial charge in [0, 0.05) is 22.2 Å². The smallest absolute Gasteiger partial charge is 0.214 e. The van der Waals surface area contributed by atoms with Gasteiger partial charge >= 0.3 is 0 Å². The lowest BCUT2D eigenvalue weighted by atomic mass is 10.1. The Balaban J connectivity index is 1.65. The highest BCUT2D eigenvalue weighted by molar-refractivity contribution is 8.00. The van der Waals surface area contributed by atoms with Crippen molar-refractivity contribution < 1.29 is 4.79 Å². The first-order chi connectivity index (χ1) is 13.5. The van der Waals surface area contributed by atoms with E-state index in [-0.39, 0.29) is 11.0 Å². The van der Waals surface area contributed by atoms with Gasteiger partial charge in [0.05, 0.1) is 10.9 Å². The number of Topliss-reactive ketones (excluding diaryl/α,β-unsaturated/α-hetero) is 1. The second-order valence-corrected chi connectivity index (χ2v) is 8.20. The molecule has 6 nitrogen and oxygen atoms in total. The van der Waals surface area contributed by atoms with Gasteiger partial charge in [0.2, 0.25) is 5.16 Å². The summed E-state index contributed by atoms with van der Waals surface area (Å²) in [5.41, 5.74) is 5.80. The van der Waals surface area contributed by atoms with Crippen LogP contribution in [0.2, 0.25) is 0 Å². The summed E-state index contributed by atoms with van der Waals surface area (Å²) in [5.74, 6) is 0.0652. The summed E-state index contributed by atoms with van der Waals surface area (Å²) < 4.78 is 1.71. The number of benzene rings is 2. The predicted octanol–water partition coefficient (Wildman–Crippen LogP) is 4.43. The molecular weight excluding hydrogens is 370 g/mol. The Morgan fingerprint density at radius 3 is 2.71 bits per heavy atom. The Bertz CT molecular complexity index is 1180. The number of aromatic amines is 1. The Kier molecular flexibility index (Phi) is 4.77. The zero-order chi connectivity index (χ0) is 19.8. The van der Waals surface area contributed by atoms with Crippen molar-refractivity contribution in [3.05, 3.63) is 64.8 Å². The second kappa shape index (κ2) is 7.24. The number of hydrogen-bond donors (Lipinski definition) is 1. The van der Waals surface area contributed by atoms with E-state index in [9.17, 15) is 4.79 Å². The van der Waals surface area contributed by atoms with Gasteiger partial charge in [0.1, 0.15) is 0 Å². The normalized spacial score (nSPS) is 12.4. The predicted molar refractivity (Wildman–Crippen MR) is 111 cm³/mol. The topological polar surface area (TPSA) is 76.5 Å². The van der Waals surface area contributed by atoms with Crippen molar-refractivity contribution in [1.82, 2.24) is 25.2 Å². The molecule has 2 aromatic carbocycles. The van der Waals surface area contributed by atoms with E-state index in [0.29, 0.717) is 5.16 Å². The third kappa shape index (κ3) is 3.11. The molecule has 0 amide bonds. The monoisotopic (exact) mass is 391 g/mol. The van der Waals surface area contributed by atoms with Crippen LogP contribution in [0.15, 0.2) is 47.6 Å². The minimum Gasteiger partial charge on any atom is -0.358 e. The number of rotatable bonds is 5. The number of thioether (sulfide) groups is 1. The zero-order valence-electron chi connectivity index (χ0n) is 16.2. The minimum absolute atomic E-state index is 0.0652. The Hall–Kier alpha value is -2.93. The van der Waals surface area contributed by atoms with Gasteiger partial charge < -0.3 is 4.98 Å². The third-order valence-corrected chi connectivity index (χ3v) is 6.07. The lowest BCUT2D eigenvalue weighted by molar-refractivity contribution is 0.0995. The number of ketones is 1. The molecule has 0 aliphatic carbocycles. The lowest BCUT2D eigenvalue weighted by Crippen LogP contribution is -2.15. The molecule has 2 aromatic heterocycles. The summed E-state index contributed by atoms with van der Waals surface area (Å²) in [7, 11) is 0. The number of carbonyl (C=O) groups is 1. The van der Waals surface area contributed by atoms with Crippen LogP contribution >= 0.6 is 11.8 Å². The Morgan fingerprint density at radius 2 is 1.89 bits per heavy atom. The maximum Gasteiger partial charge on any atom is 0.214 e. The van der Waals surface area contributed by atoms with E-state index in [4.69, 9.17) is 0 Å². The van der Waals surface area contributed by atoms with Crippen LogP contribution in [0.3, 0.4) is 0 Å². The third-order valence-electron chi connectivity index (χ3n) is 5.04. The van der Waals surface area contributed by atoms with E-state index in [1.165, 1.54) is 17.3 Å².